The van der Waals surface area contributed by atoms with Crippen LogP contribution in [0.1, 0.15) is 31.7 Å². The smallest absolute Gasteiger partial charge is 0.387 e. The lowest BCUT2D eigenvalue weighted by Gasteiger charge is -2.13. The van der Waals surface area contributed by atoms with Gasteiger partial charge in [-0.25, -0.2) is 22.0 Å². The van der Waals surface area contributed by atoms with Crippen molar-refractivity contribution in [3.05, 3.63) is 89.2 Å². The number of rotatable bonds is 8. The Kier molecular flexibility index (Phi) is 7.52. The van der Waals surface area contributed by atoms with Crippen LogP contribution in [0.4, 0.5) is 30.7 Å². The summed E-state index contributed by atoms with van der Waals surface area (Å²) >= 11 is 0. The third-order valence-electron chi connectivity index (χ3n) is 5.94. The number of fused-ring (bicyclic) bond motifs is 1. The van der Waals surface area contributed by atoms with E-state index >= 15 is 8.78 Å². The number of hydrogen-bond acceptors (Lipinski definition) is 1. The first kappa shape index (κ1) is 25.5. The van der Waals surface area contributed by atoms with Gasteiger partial charge in [-0.05, 0) is 65.3 Å². The molecule has 0 heterocycles. The molecule has 0 aromatic heterocycles. The van der Waals surface area contributed by atoms with E-state index < -0.39 is 47.0 Å². The van der Waals surface area contributed by atoms with Gasteiger partial charge in [0.05, 0.1) is 5.56 Å². The molecule has 0 amide bonds. The second kappa shape index (κ2) is 10.6. The van der Waals surface area contributed by atoms with Crippen LogP contribution >= 0.6 is 0 Å². The predicted molar refractivity (Wildman–Crippen MR) is 124 cm³/mol. The Bertz CT molecular complexity index is 1390. The molecule has 0 radical (unpaired) electrons. The fourth-order valence-corrected chi connectivity index (χ4v) is 4.20. The molecule has 0 atom stereocenters. The molecule has 0 unspecified atom stereocenters. The molecule has 36 heavy (non-hydrogen) atoms. The maximum atomic E-state index is 15.1. The Morgan fingerprint density at radius 2 is 1.44 bits per heavy atom. The third kappa shape index (κ3) is 5.17. The largest absolute Gasteiger partial charge is 0.429 e. The number of ether oxygens (including phenoxy) is 1. The summed E-state index contributed by atoms with van der Waals surface area (Å²) in [5.74, 6) is -6.60. The second-order valence-corrected chi connectivity index (χ2v) is 8.40. The van der Waals surface area contributed by atoms with Gasteiger partial charge in [0.25, 0.3) is 0 Å². The molecule has 4 aromatic rings. The fourth-order valence-electron chi connectivity index (χ4n) is 4.20. The number of hydrogen-bond donors (Lipinski definition) is 0. The zero-order chi connectivity index (χ0) is 26.0. The second-order valence-electron chi connectivity index (χ2n) is 8.40. The molecule has 0 fully saturated rings. The molecule has 4 rings (SSSR count). The number of aryl methyl sites for hydroxylation is 1. The minimum Gasteiger partial charge on any atom is -0.429 e. The maximum Gasteiger partial charge on any atom is 0.387 e. The quantitative estimate of drug-likeness (QED) is 0.171. The summed E-state index contributed by atoms with van der Waals surface area (Å²) in [5, 5.41) is -0.383. The van der Waals surface area contributed by atoms with Crippen molar-refractivity contribution in [1.29, 1.82) is 0 Å². The molecule has 0 aliphatic rings. The van der Waals surface area contributed by atoms with E-state index in [2.05, 4.69) is 11.7 Å². The molecule has 0 N–H and O–H groups in total. The maximum absolute atomic E-state index is 15.1. The summed E-state index contributed by atoms with van der Waals surface area (Å²) in [5.41, 5.74) is 0.300. The molecule has 0 aliphatic heterocycles. The molecule has 8 heteroatoms. The van der Waals surface area contributed by atoms with Gasteiger partial charge in [-0.3, -0.25) is 0 Å². The first-order valence-corrected chi connectivity index (χ1v) is 11.3. The average Bonchev–Trinajstić information content (AvgIpc) is 2.81. The zero-order valence-corrected chi connectivity index (χ0v) is 19.2. The third-order valence-corrected chi connectivity index (χ3v) is 5.94. The average molecular weight is 506 g/mol. The van der Waals surface area contributed by atoms with Crippen molar-refractivity contribution in [1.82, 2.24) is 0 Å². The van der Waals surface area contributed by atoms with Crippen LogP contribution in [0, 0.1) is 29.1 Å². The lowest BCUT2D eigenvalue weighted by atomic mass is 9.95. The van der Waals surface area contributed by atoms with Crippen molar-refractivity contribution < 1.29 is 35.5 Å². The molecule has 0 bridgehead atoms. The van der Waals surface area contributed by atoms with Gasteiger partial charge in [0.2, 0.25) is 0 Å². The highest BCUT2D eigenvalue weighted by atomic mass is 19.3. The lowest BCUT2D eigenvalue weighted by Crippen LogP contribution is -2.06. The summed E-state index contributed by atoms with van der Waals surface area (Å²) in [6.07, 6.45) is 3.65. The minimum atomic E-state index is -3.44. The number of unbranched alkanes of at least 4 members (excludes halogenated alkanes) is 2. The van der Waals surface area contributed by atoms with E-state index in [-0.39, 0.29) is 27.5 Å². The molecular formula is C28H21F7O. The lowest BCUT2D eigenvalue weighted by molar-refractivity contribution is -0.0544. The Hall–Kier alpha value is -3.55. The highest BCUT2D eigenvalue weighted by molar-refractivity contribution is 5.89. The van der Waals surface area contributed by atoms with E-state index in [1.807, 2.05) is 0 Å². The zero-order valence-electron chi connectivity index (χ0n) is 19.2. The molecule has 0 spiro atoms. The van der Waals surface area contributed by atoms with Crippen molar-refractivity contribution in [2.75, 3.05) is 0 Å². The van der Waals surface area contributed by atoms with Crippen molar-refractivity contribution in [3.8, 4) is 28.0 Å². The predicted octanol–water partition coefficient (Wildman–Crippen LogP) is 9.20. The van der Waals surface area contributed by atoms with Crippen LogP contribution in [0.15, 0.2) is 54.6 Å². The summed E-state index contributed by atoms with van der Waals surface area (Å²) < 4.78 is 102. The van der Waals surface area contributed by atoms with Gasteiger partial charge >= 0.3 is 6.61 Å². The number of halogens is 7. The van der Waals surface area contributed by atoms with E-state index in [1.165, 1.54) is 18.2 Å². The summed E-state index contributed by atoms with van der Waals surface area (Å²) in [6.45, 7) is -1.37. The van der Waals surface area contributed by atoms with Gasteiger partial charge in [-0.2, -0.15) is 8.78 Å². The topological polar surface area (TPSA) is 9.23 Å². The van der Waals surface area contributed by atoms with E-state index in [4.69, 9.17) is 0 Å². The summed E-state index contributed by atoms with van der Waals surface area (Å²) in [7, 11) is 0. The molecule has 4 aromatic carbocycles. The molecule has 188 valence electrons. The molecule has 0 saturated carbocycles. The van der Waals surface area contributed by atoms with Gasteiger partial charge in [0, 0.05) is 10.9 Å². The van der Waals surface area contributed by atoms with Crippen LogP contribution in [0.5, 0.6) is 5.75 Å². The van der Waals surface area contributed by atoms with E-state index in [0.29, 0.717) is 6.42 Å². The van der Waals surface area contributed by atoms with Crippen LogP contribution in [0.3, 0.4) is 0 Å². The minimum absolute atomic E-state index is 0.00183. The van der Waals surface area contributed by atoms with Crippen molar-refractivity contribution in [2.24, 2.45) is 0 Å². The fraction of sp³-hybridized carbons (Fsp3) is 0.214. The molecular weight excluding hydrogens is 485 g/mol. The summed E-state index contributed by atoms with van der Waals surface area (Å²) in [4.78, 5) is 0. The van der Waals surface area contributed by atoms with Crippen LogP contribution in [-0.4, -0.2) is 6.61 Å². The standard InChI is InChI=1S/C28H21F7O/c1-2-3-4-5-15-6-8-19(21(29)10-15)18-12-22(30)25(23(31)13-18)16-7-9-20-17(11-16)14-24(32)27(26(20)33)36-28(34)35/h6-14,28H,2-5H2,1H3. The van der Waals surface area contributed by atoms with Crippen LogP contribution in [-0.2, 0) is 6.42 Å². The van der Waals surface area contributed by atoms with Crippen molar-refractivity contribution >= 4 is 10.8 Å². The van der Waals surface area contributed by atoms with Gasteiger partial charge in [-0.15, -0.1) is 0 Å². The highest BCUT2D eigenvalue weighted by Crippen LogP contribution is 2.36. The first-order valence-electron chi connectivity index (χ1n) is 11.3. The van der Waals surface area contributed by atoms with Crippen LogP contribution < -0.4 is 4.74 Å². The normalized spacial score (nSPS) is 11.5. The Morgan fingerprint density at radius 3 is 2.08 bits per heavy atom. The first-order chi connectivity index (χ1) is 17.2. The van der Waals surface area contributed by atoms with Gasteiger partial charge < -0.3 is 4.74 Å². The highest BCUT2D eigenvalue weighted by Gasteiger charge is 2.21. The SMILES string of the molecule is CCCCCc1ccc(-c2cc(F)c(-c3ccc4c(F)c(OC(F)F)c(F)cc4c3)c(F)c2)c(F)c1. The van der Waals surface area contributed by atoms with Gasteiger partial charge in [-0.1, -0.05) is 44.0 Å². The Labute approximate surface area is 203 Å². The summed E-state index contributed by atoms with van der Waals surface area (Å²) in [6, 6.07) is 10.6. The Balaban J connectivity index is 1.70. The monoisotopic (exact) mass is 506 g/mol. The number of alkyl halides is 2. The van der Waals surface area contributed by atoms with Crippen molar-refractivity contribution in [3.63, 3.8) is 0 Å². The molecule has 1 nitrogen and oxygen atoms in total. The molecule has 0 aliphatic carbocycles. The van der Waals surface area contributed by atoms with Gasteiger partial charge in [0.1, 0.15) is 17.5 Å². The van der Waals surface area contributed by atoms with Gasteiger partial charge in [0.15, 0.2) is 17.4 Å². The van der Waals surface area contributed by atoms with E-state index in [1.54, 1.807) is 6.07 Å². The van der Waals surface area contributed by atoms with Crippen LogP contribution in [0.2, 0.25) is 0 Å². The van der Waals surface area contributed by atoms with E-state index in [0.717, 1.165) is 55.2 Å². The van der Waals surface area contributed by atoms with Crippen molar-refractivity contribution in [2.45, 2.75) is 39.2 Å². The van der Waals surface area contributed by atoms with E-state index in [9.17, 15) is 22.0 Å². The number of benzene rings is 4. The van der Waals surface area contributed by atoms with Crippen LogP contribution in [0.25, 0.3) is 33.0 Å². The molecule has 0 saturated heterocycles. The Morgan fingerprint density at radius 1 is 0.722 bits per heavy atom.